The smallest absolute Gasteiger partial charge is 0.220 e. The Hall–Kier alpha value is -1.91. The highest BCUT2D eigenvalue weighted by Gasteiger charge is 2.24. The maximum absolute atomic E-state index is 13.2. The van der Waals surface area contributed by atoms with Crippen molar-refractivity contribution in [1.82, 2.24) is 10.6 Å². The lowest BCUT2D eigenvalue weighted by atomic mass is 9.92. The summed E-state index contributed by atoms with van der Waals surface area (Å²) in [5.74, 6) is 0.158. The molecule has 0 spiro atoms. The lowest BCUT2D eigenvalue weighted by molar-refractivity contribution is -0.126. The summed E-state index contributed by atoms with van der Waals surface area (Å²) in [5.41, 5.74) is 0.906. The van der Waals surface area contributed by atoms with Crippen LogP contribution in [0.5, 0.6) is 0 Å². The second kappa shape index (κ2) is 8.09. The number of carbonyl (C=O) groups is 2. The molecule has 1 fully saturated rings. The van der Waals surface area contributed by atoms with Crippen LogP contribution in [0.2, 0.25) is 0 Å². The topological polar surface area (TPSA) is 58.2 Å². The van der Waals surface area contributed by atoms with Crippen LogP contribution in [-0.4, -0.2) is 24.4 Å². The summed E-state index contributed by atoms with van der Waals surface area (Å²) in [7, 11) is 0. The molecule has 0 bridgehead atoms. The Bertz CT molecular complexity index is 562. The number of halogens is 1. The van der Waals surface area contributed by atoms with Crippen molar-refractivity contribution in [3.8, 4) is 0 Å². The van der Waals surface area contributed by atoms with Crippen LogP contribution in [-0.2, 0) is 16.0 Å². The zero-order valence-electron chi connectivity index (χ0n) is 13.8. The Labute approximate surface area is 136 Å². The van der Waals surface area contributed by atoms with Gasteiger partial charge in [-0.05, 0) is 49.3 Å². The van der Waals surface area contributed by atoms with Crippen molar-refractivity contribution < 1.29 is 14.0 Å². The number of amides is 2. The van der Waals surface area contributed by atoms with Crippen LogP contribution in [0, 0.1) is 17.7 Å². The summed E-state index contributed by atoms with van der Waals surface area (Å²) in [6, 6.07) is 6.66. The average Bonchev–Trinajstić information content (AvgIpc) is 2.44. The van der Waals surface area contributed by atoms with E-state index in [1.807, 2.05) is 19.9 Å². The molecule has 3 unspecified atom stereocenters. The third kappa shape index (κ3) is 6.00. The van der Waals surface area contributed by atoms with Crippen LogP contribution < -0.4 is 10.6 Å². The first-order valence-corrected chi connectivity index (χ1v) is 8.23. The normalized spacial score (nSPS) is 22.3. The van der Waals surface area contributed by atoms with Gasteiger partial charge in [-0.1, -0.05) is 19.1 Å². The molecular formula is C18H25FN2O2. The Kier molecular flexibility index (Phi) is 6.13. The van der Waals surface area contributed by atoms with Crippen molar-refractivity contribution in [3.05, 3.63) is 35.6 Å². The van der Waals surface area contributed by atoms with E-state index >= 15 is 0 Å². The van der Waals surface area contributed by atoms with E-state index in [0.717, 1.165) is 12.0 Å². The fraction of sp³-hybridized carbons (Fsp3) is 0.556. The second-order valence-electron chi connectivity index (χ2n) is 6.72. The van der Waals surface area contributed by atoms with Gasteiger partial charge in [-0.25, -0.2) is 4.39 Å². The van der Waals surface area contributed by atoms with Crippen LogP contribution in [0.25, 0.3) is 0 Å². The first-order chi connectivity index (χ1) is 10.9. The van der Waals surface area contributed by atoms with Crippen molar-refractivity contribution in [2.24, 2.45) is 11.8 Å². The third-order valence-corrected chi connectivity index (χ3v) is 4.16. The molecule has 1 aromatic carbocycles. The van der Waals surface area contributed by atoms with Gasteiger partial charge in [0.2, 0.25) is 11.8 Å². The summed E-state index contributed by atoms with van der Waals surface area (Å²) in [6.07, 6.45) is 2.45. The van der Waals surface area contributed by atoms with E-state index in [4.69, 9.17) is 0 Å². The van der Waals surface area contributed by atoms with Gasteiger partial charge in [0.25, 0.3) is 0 Å². The van der Waals surface area contributed by atoms with E-state index < -0.39 is 0 Å². The molecule has 1 aliphatic heterocycles. The quantitative estimate of drug-likeness (QED) is 0.846. The molecule has 2 rings (SSSR count). The molecule has 2 amide bonds. The number of piperidine rings is 1. The molecule has 0 saturated carbocycles. The Morgan fingerprint density at radius 3 is 2.96 bits per heavy atom. The van der Waals surface area contributed by atoms with Crippen LogP contribution in [0.3, 0.4) is 0 Å². The fourth-order valence-corrected chi connectivity index (χ4v) is 3.18. The van der Waals surface area contributed by atoms with E-state index in [-0.39, 0.29) is 35.5 Å². The zero-order valence-corrected chi connectivity index (χ0v) is 13.8. The Morgan fingerprint density at radius 1 is 1.48 bits per heavy atom. The minimum Gasteiger partial charge on any atom is -0.356 e. The van der Waals surface area contributed by atoms with Gasteiger partial charge in [0.15, 0.2) is 0 Å². The van der Waals surface area contributed by atoms with Crippen LogP contribution in [0.4, 0.5) is 4.39 Å². The zero-order chi connectivity index (χ0) is 16.8. The number of rotatable bonds is 6. The number of hydrogen-bond acceptors (Lipinski definition) is 2. The highest BCUT2D eigenvalue weighted by atomic mass is 19.1. The van der Waals surface area contributed by atoms with Gasteiger partial charge in [0.05, 0.1) is 0 Å². The van der Waals surface area contributed by atoms with Gasteiger partial charge < -0.3 is 10.6 Å². The van der Waals surface area contributed by atoms with Gasteiger partial charge in [-0.3, -0.25) is 9.59 Å². The molecule has 4 nitrogen and oxygen atoms in total. The average molecular weight is 320 g/mol. The standard InChI is InChI=1S/C18H25FN2O2/c1-12(6-14-4-3-5-16(19)9-14)7-17(22)20-11-15-8-13(2)21-18(23)10-15/h3-5,9,12-13,15H,6-8,10-11H2,1-2H3,(H,20,22)(H,21,23). The predicted octanol–water partition coefficient (Wildman–Crippen LogP) is 2.43. The van der Waals surface area contributed by atoms with Gasteiger partial charge in [-0.15, -0.1) is 0 Å². The summed E-state index contributed by atoms with van der Waals surface area (Å²) in [5, 5.41) is 5.81. The number of hydrogen-bond donors (Lipinski definition) is 2. The summed E-state index contributed by atoms with van der Waals surface area (Å²) in [6.45, 7) is 4.51. The van der Waals surface area contributed by atoms with Crippen LogP contribution in [0.15, 0.2) is 24.3 Å². The summed E-state index contributed by atoms with van der Waals surface area (Å²) < 4.78 is 13.2. The highest BCUT2D eigenvalue weighted by Crippen LogP contribution is 2.17. The molecule has 126 valence electrons. The van der Waals surface area contributed by atoms with Crippen LogP contribution >= 0.6 is 0 Å². The molecule has 1 aliphatic rings. The monoisotopic (exact) mass is 320 g/mol. The first-order valence-electron chi connectivity index (χ1n) is 8.23. The van der Waals surface area contributed by atoms with Gasteiger partial charge >= 0.3 is 0 Å². The van der Waals surface area contributed by atoms with Gasteiger partial charge in [0.1, 0.15) is 5.82 Å². The summed E-state index contributed by atoms with van der Waals surface area (Å²) >= 11 is 0. The number of carbonyl (C=O) groups excluding carboxylic acids is 2. The predicted molar refractivity (Wildman–Crippen MR) is 87.2 cm³/mol. The highest BCUT2D eigenvalue weighted by molar-refractivity contribution is 5.78. The molecule has 0 aliphatic carbocycles. The van der Waals surface area contributed by atoms with Crippen LogP contribution in [0.1, 0.15) is 38.7 Å². The van der Waals surface area contributed by atoms with Crippen molar-refractivity contribution in [2.75, 3.05) is 6.54 Å². The van der Waals surface area contributed by atoms with Crippen molar-refractivity contribution >= 4 is 11.8 Å². The lowest BCUT2D eigenvalue weighted by Crippen LogP contribution is -2.44. The molecule has 5 heteroatoms. The molecule has 3 atom stereocenters. The maximum Gasteiger partial charge on any atom is 0.220 e. The molecule has 2 N–H and O–H groups in total. The van der Waals surface area contributed by atoms with Crippen molar-refractivity contribution in [1.29, 1.82) is 0 Å². The molecule has 1 saturated heterocycles. The minimum absolute atomic E-state index is 0.00691. The lowest BCUT2D eigenvalue weighted by Gasteiger charge is -2.27. The molecule has 0 radical (unpaired) electrons. The first kappa shape index (κ1) is 17.4. The Morgan fingerprint density at radius 2 is 2.26 bits per heavy atom. The van der Waals surface area contributed by atoms with Crippen molar-refractivity contribution in [3.63, 3.8) is 0 Å². The fourth-order valence-electron chi connectivity index (χ4n) is 3.18. The second-order valence-corrected chi connectivity index (χ2v) is 6.72. The number of benzene rings is 1. The molecule has 1 aromatic rings. The molecule has 23 heavy (non-hydrogen) atoms. The van der Waals surface area contributed by atoms with Gasteiger partial charge in [-0.2, -0.15) is 0 Å². The number of nitrogens with one attached hydrogen (secondary N) is 2. The van der Waals surface area contributed by atoms with Gasteiger partial charge in [0, 0.05) is 25.4 Å². The molecular weight excluding hydrogens is 295 g/mol. The van der Waals surface area contributed by atoms with E-state index in [1.54, 1.807) is 6.07 Å². The third-order valence-electron chi connectivity index (χ3n) is 4.16. The van der Waals surface area contributed by atoms with E-state index in [1.165, 1.54) is 12.1 Å². The SMILES string of the molecule is CC(CC(=O)NCC1CC(=O)NC(C)C1)Cc1cccc(F)c1. The summed E-state index contributed by atoms with van der Waals surface area (Å²) in [4.78, 5) is 23.5. The van der Waals surface area contributed by atoms with E-state index in [2.05, 4.69) is 10.6 Å². The van der Waals surface area contributed by atoms with E-state index in [0.29, 0.717) is 25.8 Å². The molecule has 0 aromatic heterocycles. The minimum atomic E-state index is -0.246. The Balaban J connectivity index is 1.72. The van der Waals surface area contributed by atoms with Crippen molar-refractivity contribution in [2.45, 2.75) is 45.6 Å². The largest absolute Gasteiger partial charge is 0.356 e. The molecule has 1 heterocycles. The maximum atomic E-state index is 13.2. The van der Waals surface area contributed by atoms with E-state index in [9.17, 15) is 14.0 Å².